The van der Waals surface area contributed by atoms with Crippen LogP contribution < -0.4 is 0 Å². The van der Waals surface area contributed by atoms with Crippen LogP contribution in [0, 0.1) is 0 Å². The smallest absolute Gasteiger partial charge is 0.333 e. The third kappa shape index (κ3) is 8.97. The molecule has 112 valence electrons. The van der Waals surface area contributed by atoms with Gasteiger partial charge in [-0.1, -0.05) is 19.0 Å². The van der Waals surface area contributed by atoms with Gasteiger partial charge in [-0.15, -0.1) is 0 Å². The molecule has 0 amide bonds. The molecule has 0 aliphatic carbocycles. The lowest BCUT2D eigenvalue weighted by Gasteiger charge is -2.29. The largest absolute Gasteiger partial charge is 0.462 e. The minimum absolute atomic E-state index is 0.300. The molecule has 0 bridgehead atoms. The maximum atomic E-state index is 11.2. The first-order valence-electron chi connectivity index (χ1n) is 7.05. The molecule has 0 aliphatic rings. The maximum Gasteiger partial charge on any atom is 0.333 e. The molecular formula is C14H28O4Si. The lowest BCUT2D eigenvalue weighted by molar-refractivity contribution is -0.163. The summed E-state index contributed by atoms with van der Waals surface area (Å²) in [6.45, 7) is 13.0. The molecular weight excluding hydrogens is 260 g/mol. The first-order chi connectivity index (χ1) is 8.95. The molecule has 0 saturated carbocycles. The van der Waals surface area contributed by atoms with Crippen molar-refractivity contribution >= 4 is 15.5 Å². The molecule has 0 heterocycles. The van der Waals surface area contributed by atoms with Crippen LogP contribution in [0.5, 0.6) is 0 Å². The average molecular weight is 288 g/mol. The molecule has 0 radical (unpaired) electrons. The molecule has 0 unspecified atom stereocenters. The van der Waals surface area contributed by atoms with Gasteiger partial charge in [-0.25, -0.2) is 4.79 Å². The predicted molar refractivity (Wildman–Crippen MR) is 80.0 cm³/mol. The van der Waals surface area contributed by atoms with E-state index in [4.69, 9.17) is 14.2 Å². The summed E-state index contributed by atoms with van der Waals surface area (Å²) in [5, 5.41) is 0. The normalized spacial score (nSPS) is 12.0. The van der Waals surface area contributed by atoms with Crippen LogP contribution in [-0.4, -0.2) is 40.7 Å². The van der Waals surface area contributed by atoms with Crippen molar-refractivity contribution in [3.8, 4) is 0 Å². The van der Waals surface area contributed by atoms with Crippen LogP contribution in [0.15, 0.2) is 12.2 Å². The fraction of sp³-hybridized carbons (Fsp3) is 0.786. The van der Waals surface area contributed by atoms with Gasteiger partial charge < -0.3 is 14.2 Å². The van der Waals surface area contributed by atoms with Gasteiger partial charge in [0.2, 0.25) is 0 Å². The SMILES string of the molecule is C=C(C)C(=O)OCCCC[SiH2]C(C)(OCC)OCC. The summed E-state index contributed by atoms with van der Waals surface area (Å²) in [6.07, 6.45) is 1.94. The number of carbonyl (C=O) groups is 1. The lowest BCUT2D eigenvalue weighted by atomic mass is 10.3. The van der Waals surface area contributed by atoms with E-state index in [0.29, 0.717) is 25.4 Å². The molecule has 0 spiro atoms. The van der Waals surface area contributed by atoms with E-state index in [0.717, 1.165) is 18.9 Å². The van der Waals surface area contributed by atoms with Crippen molar-refractivity contribution in [3.05, 3.63) is 12.2 Å². The summed E-state index contributed by atoms with van der Waals surface area (Å²) < 4.78 is 16.4. The first-order valence-corrected chi connectivity index (χ1v) is 8.76. The molecule has 19 heavy (non-hydrogen) atoms. The van der Waals surface area contributed by atoms with Gasteiger partial charge in [-0.3, -0.25) is 0 Å². The number of carbonyl (C=O) groups excluding carboxylic acids is 1. The zero-order chi connectivity index (χ0) is 14.7. The topological polar surface area (TPSA) is 44.8 Å². The second-order valence-electron chi connectivity index (χ2n) is 4.73. The molecule has 0 aromatic heterocycles. The molecule has 0 fully saturated rings. The number of ether oxygens (including phenoxy) is 3. The van der Waals surface area contributed by atoms with Gasteiger partial charge in [0.15, 0.2) is 0 Å². The molecule has 0 atom stereocenters. The quantitative estimate of drug-likeness (QED) is 0.192. The molecule has 0 aliphatic heterocycles. The molecule has 0 aromatic carbocycles. The molecule has 0 rings (SSSR count). The summed E-state index contributed by atoms with van der Waals surface area (Å²) in [6, 6.07) is 1.13. The Hall–Kier alpha value is -0.653. The molecule has 0 saturated heterocycles. The summed E-state index contributed by atoms with van der Waals surface area (Å²) in [5.74, 6) is -0.300. The number of hydrogen-bond acceptors (Lipinski definition) is 4. The number of rotatable bonds is 11. The van der Waals surface area contributed by atoms with Crippen molar-refractivity contribution in [2.24, 2.45) is 0 Å². The zero-order valence-corrected chi connectivity index (χ0v) is 14.2. The van der Waals surface area contributed by atoms with Crippen molar-refractivity contribution in [2.75, 3.05) is 19.8 Å². The predicted octanol–water partition coefficient (Wildman–Crippen LogP) is 2.22. The lowest BCUT2D eigenvalue weighted by Crippen LogP contribution is -2.39. The monoisotopic (exact) mass is 288 g/mol. The van der Waals surface area contributed by atoms with Crippen molar-refractivity contribution in [3.63, 3.8) is 0 Å². The van der Waals surface area contributed by atoms with Crippen LogP contribution in [0.2, 0.25) is 6.04 Å². The van der Waals surface area contributed by atoms with Gasteiger partial charge in [0, 0.05) is 18.8 Å². The van der Waals surface area contributed by atoms with Crippen molar-refractivity contribution in [2.45, 2.75) is 52.0 Å². The summed E-state index contributed by atoms with van der Waals surface area (Å²) in [4.78, 5) is 11.2. The second kappa shape index (κ2) is 10.2. The van der Waals surface area contributed by atoms with Crippen LogP contribution in [0.4, 0.5) is 0 Å². The van der Waals surface area contributed by atoms with E-state index in [2.05, 4.69) is 6.58 Å². The van der Waals surface area contributed by atoms with Crippen molar-refractivity contribution in [1.29, 1.82) is 0 Å². The van der Waals surface area contributed by atoms with Crippen LogP contribution in [0.1, 0.15) is 40.5 Å². The van der Waals surface area contributed by atoms with E-state index in [1.807, 2.05) is 20.8 Å². The Balaban J connectivity index is 3.71. The van der Waals surface area contributed by atoms with Crippen molar-refractivity contribution in [1.82, 2.24) is 0 Å². The first kappa shape index (κ1) is 18.3. The Morgan fingerprint density at radius 1 is 1.21 bits per heavy atom. The van der Waals surface area contributed by atoms with E-state index in [1.165, 1.54) is 0 Å². The van der Waals surface area contributed by atoms with E-state index in [1.54, 1.807) is 6.92 Å². The van der Waals surface area contributed by atoms with Gasteiger partial charge in [-0.05, 0) is 34.1 Å². The number of esters is 1. The highest BCUT2D eigenvalue weighted by atomic mass is 28.2. The Labute approximate surface area is 119 Å². The van der Waals surface area contributed by atoms with Crippen LogP contribution in [-0.2, 0) is 19.0 Å². The van der Waals surface area contributed by atoms with Gasteiger partial charge >= 0.3 is 5.97 Å². The molecule has 0 aromatic rings. The van der Waals surface area contributed by atoms with E-state index >= 15 is 0 Å². The fourth-order valence-electron chi connectivity index (χ4n) is 1.81. The third-order valence-electron chi connectivity index (χ3n) is 2.76. The van der Waals surface area contributed by atoms with Crippen LogP contribution >= 0.6 is 0 Å². The average Bonchev–Trinajstić information content (AvgIpc) is 2.33. The second-order valence-corrected chi connectivity index (χ2v) is 7.22. The van der Waals surface area contributed by atoms with E-state index in [9.17, 15) is 4.79 Å². The van der Waals surface area contributed by atoms with Crippen molar-refractivity contribution < 1.29 is 19.0 Å². The highest BCUT2D eigenvalue weighted by molar-refractivity contribution is 6.38. The third-order valence-corrected chi connectivity index (χ3v) is 4.93. The Bertz CT molecular complexity index is 273. The van der Waals surface area contributed by atoms with Gasteiger partial charge in [0.1, 0.15) is 5.41 Å². The maximum absolute atomic E-state index is 11.2. The van der Waals surface area contributed by atoms with Gasteiger partial charge in [0.05, 0.1) is 16.1 Å². The zero-order valence-electron chi connectivity index (χ0n) is 12.8. The minimum atomic E-state index is -0.459. The number of hydrogen-bond donors (Lipinski definition) is 0. The summed E-state index contributed by atoms with van der Waals surface area (Å²) >= 11 is 0. The molecule has 4 nitrogen and oxygen atoms in total. The highest BCUT2D eigenvalue weighted by Crippen LogP contribution is 2.14. The Kier molecular flexibility index (Phi) is 9.82. The number of unbranched alkanes of at least 4 members (excludes halogenated alkanes) is 1. The Morgan fingerprint density at radius 3 is 2.26 bits per heavy atom. The van der Waals surface area contributed by atoms with Gasteiger partial charge in [-0.2, -0.15) is 0 Å². The standard InChI is InChI=1S/C14H28O4Si/c1-6-17-14(5,18-7-2)19-11-9-8-10-16-13(15)12(3)4/h3,6-11,19H2,1-2,4-5H3. The molecule has 0 N–H and O–H groups in total. The van der Waals surface area contributed by atoms with E-state index < -0.39 is 9.52 Å². The minimum Gasteiger partial charge on any atom is -0.462 e. The highest BCUT2D eigenvalue weighted by Gasteiger charge is 2.24. The Morgan fingerprint density at radius 2 is 1.79 bits per heavy atom. The van der Waals surface area contributed by atoms with Crippen LogP contribution in [0.25, 0.3) is 0 Å². The van der Waals surface area contributed by atoms with Gasteiger partial charge in [0.25, 0.3) is 0 Å². The molecule has 5 heteroatoms. The summed E-state index contributed by atoms with van der Waals surface area (Å²) in [7, 11) is -0.459. The van der Waals surface area contributed by atoms with Crippen LogP contribution in [0.3, 0.4) is 0 Å². The van der Waals surface area contributed by atoms with E-state index in [-0.39, 0.29) is 11.4 Å². The summed E-state index contributed by atoms with van der Waals surface area (Å²) in [5.41, 5.74) is 0.104. The fourth-order valence-corrected chi connectivity index (χ4v) is 3.75.